The van der Waals surface area contributed by atoms with Gasteiger partial charge in [0, 0.05) is 56.5 Å². The van der Waals surface area contributed by atoms with Gasteiger partial charge in [0.1, 0.15) is 11.8 Å². The van der Waals surface area contributed by atoms with E-state index in [1.165, 1.54) is 0 Å². The van der Waals surface area contributed by atoms with Crippen LogP contribution in [-0.2, 0) is 16.8 Å². The molecule has 2 saturated heterocycles. The average molecular weight is 556 g/mol. The Morgan fingerprint density at radius 2 is 1.95 bits per heavy atom. The summed E-state index contributed by atoms with van der Waals surface area (Å²) < 4.78 is 21.5. The minimum absolute atomic E-state index is 0.139. The van der Waals surface area contributed by atoms with Crippen LogP contribution in [0.3, 0.4) is 0 Å². The third kappa shape index (κ3) is 6.14. The molecule has 0 radical (unpaired) electrons. The van der Waals surface area contributed by atoms with Crippen LogP contribution in [0.1, 0.15) is 74.5 Å². The van der Waals surface area contributed by atoms with Crippen molar-refractivity contribution in [3.63, 3.8) is 0 Å². The number of alkyl halides is 1. The van der Waals surface area contributed by atoms with Crippen molar-refractivity contribution >= 4 is 17.5 Å². The van der Waals surface area contributed by atoms with Gasteiger partial charge in [0.2, 0.25) is 0 Å². The fraction of sp³-hybridized carbons (Fsp3) is 0.375. The first-order chi connectivity index (χ1) is 19.8. The van der Waals surface area contributed by atoms with Crippen LogP contribution in [0.25, 0.3) is 0 Å². The van der Waals surface area contributed by atoms with Crippen molar-refractivity contribution in [2.45, 2.75) is 44.9 Å². The van der Waals surface area contributed by atoms with E-state index in [0.29, 0.717) is 47.5 Å². The number of likely N-dealkylation sites (tertiary alicyclic amines) is 1. The Hall–Kier alpha value is -4.13. The van der Waals surface area contributed by atoms with Gasteiger partial charge in [-0.25, -0.2) is 4.39 Å². The number of carbonyl (C=O) groups is 2. The van der Waals surface area contributed by atoms with Gasteiger partial charge in [-0.2, -0.15) is 5.26 Å². The molecule has 1 aromatic heterocycles. The number of ether oxygens (including phenoxy) is 1. The molecule has 0 spiro atoms. The van der Waals surface area contributed by atoms with E-state index in [0.717, 1.165) is 23.4 Å². The van der Waals surface area contributed by atoms with E-state index in [4.69, 9.17) is 10.00 Å². The highest BCUT2D eigenvalue weighted by Crippen LogP contribution is 2.38. The molecule has 0 aliphatic carbocycles. The molecule has 2 N–H and O–H groups in total. The zero-order chi connectivity index (χ0) is 29.0. The molecule has 2 amide bonds. The molecule has 8 nitrogen and oxygen atoms in total. The predicted octanol–water partition coefficient (Wildman–Crippen LogP) is 4.84. The second kappa shape index (κ2) is 12.2. The van der Waals surface area contributed by atoms with Crippen LogP contribution in [0.2, 0.25) is 0 Å². The van der Waals surface area contributed by atoms with E-state index in [1.807, 2.05) is 19.9 Å². The molecule has 9 heteroatoms. The lowest BCUT2D eigenvalue weighted by Crippen LogP contribution is -2.43. The third-order valence-electron chi connectivity index (χ3n) is 7.99. The molecule has 0 saturated carbocycles. The fourth-order valence-corrected chi connectivity index (χ4v) is 5.45. The number of aromatic nitrogens is 1. The number of benzene rings is 2. The fourth-order valence-electron chi connectivity index (χ4n) is 5.45. The lowest BCUT2D eigenvalue weighted by Gasteiger charge is -2.37. The first kappa shape index (κ1) is 28.4. The quantitative estimate of drug-likeness (QED) is 0.451. The van der Waals surface area contributed by atoms with E-state index < -0.39 is 5.67 Å². The highest BCUT2D eigenvalue weighted by molar-refractivity contribution is 6.05. The maximum atomic E-state index is 15.8. The van der Waals surface area contributed by atoms with E-state index in [9.17, 15) is 9.59 Å². The van der Waals surface area contributed by atoms with Crippen LogP contribution in [0.5, 0.6) is 0 Å². The van der Waals surface area contributed by atoms with Crippen molar-refractivity contribution in [1.29, 1.82) is 5.26 Å². The lowest BCUT2D eigenvalue weighted by atomic mass is 9.85. The molecule has 41 heavy (non-hydrogen) atoms. The summed E-state index contributed by atoms with van der Waals surface area (Å²) in [7, 11) is 0. The number of aryl methyl sites for hydroxylation is 2. The smallest absolute Gasteiger partial charge is 0.257 e. The highest BCUT2D eigenvalue weighted by atomic mass is 19.1. The van der Waals surface area contributed by atoms with Crippen LogP contribution in [0.15, 0.2) is 54.7 Å². The number of hydrogen-bond acceptors (Lipinski definition) is 6. The number of nitrogens with one attached hydrogen (secondary N) is 2. The Labute approximate surface area is 239 Å². The molecular formula is C32H34FN5O3. The van der Waals surface area contributed by atoms with E-state index in [2.05, 4.69) is 21.7 Å². The molecule has 3 aromatic rings. The standard InChI is InChI=1S/C32H34FN5O3/c1-3-23-16-21(2)26(31(40)38-13-10-32(33,11-14-38)25-7-4-22(18-34)5-8-25)17-28(23)37-30(39)24-6-9-27(36-19-24)29-20-35-12-15-41-29/h4-9,16-17,19,29,35H,3,10-15,20H2,1-2H3,(H,37,39). The Kier molecular flexibility index (Phi) is 8.43. The van der Waals surface area contributed by atoms with Crippen molar-refractivity contribution in [1.82, 2.24) is 15.2 Å². The van der Waals surface area contributed by atoms with Gasteiger partial charge in [-0.05, 0) is 60.4 Å². The van der Waals surface area contributed by atoms with Gasteiger partial charge >= 0.3 is 0 Å². The summed E-state index contributed by atoms with van der Waals surface area (Å²) in [5.74, 6) is -0.499. The topological polar surface area (TPSA) is 107 Å². The van der Waals surface area contributed by atoms with E-state index >= 15 is 4.39 Å². The number of carbonyl (C=O) groups excluding carboxylic acids is 2. The minimum atomic E-state index is -1.55. The van der Waals surface area contributed by atoms with Crippen molar-refractivity contribution in [3.05, 3.63) is 93.8 Å². The van der Waals surface area contributed by atoms with Crippen LogP contribution in [-0.4, -0.2) is 54.5 Å². The van der Waals surface area contributed by atoms with Crippen LogP contribution < -0.4 is 10.6 Å². The monoisotopic (exact) mass is 555 g/mol. The van der Waals surface area contributed by atoms with Crippen molar-refractivity contribution in [3.8, 4) is 6.07 Å². The number of morpholine rings is 1. The number of amides is 2. The van der Waals surface area contributed by atoms with Gasteiger partial charge in [0.05, 0.1) is 29.5 Å². The van der Waals surface area contributed by atoms with Crippen molar-refractivity contribution in [2.75, 3.05) is 38.1 Å². The van der Waals surface area contributed by atoms with Crippen LogP contribution in [0.4, 0.5) is 10.1 Å². The molecule has 2 aliphatic heterocycles. The van der Waals surface area contributed by atoms with Crippen molar-refractivity contribution < 1.29 is 18.7 Å². The molecule has 3 heterocycles. The Morgan fingerprint density at radius 1 is 1.20 bits per heavy atom. The number of halogens is 1. The molecule has 2 fully saturated rings. The summed E-state index contributed by atoms with van der Waals surface area (Å²) in [5, 5.41) is 15.3. The maximum Gasteiger partial charge on any atom is 0.257 e. The molecule has 1 atom stereocenters. The number of nitrogens with zero attached hydrogens (tertiary/aromatic N) is 3. The number of pyridine rings is 1. The summed E-state index contributed by atoms with van der Waals surface area (Å²) in [5.41, 5.74) is 3.43. The zero-order valence-electron chi connectivity index (χ0n) is 23.4. The molecule has 2 aliphatic rings. The Balaban J connectivity index is 1.28. The van der Waals surface area contributed by atoms with Gasteiger partial charge in [-0.15, -0.1) is 0 Å². The average Bonchev–Trinajstić information content (AvgIpc) is 3.02. The Bertz CT molecular complexity index is 1450. The van der Waals surface area contributed by atoms with E-state index in [-0.39, 0.29) is 43.8 Å². The first-order valence-electron chi connectivity index (χ1n) is 14.0. The first-order valence-corrected chi connectivity index (χ1v) is 14.0. The number of hydrogen-bond donors (Lipinski definition) is 2. The zero-order valence-corrected chi connectivity index (χ0v) is 23.4. The summed E-state index contributed by atoms with van der Waals surface area (Å²) in [6, 6.07) is 15.8. The third-order valence-corrected chi connectivity index (χ3v) is 7.99. The molecule has 1 unspecified atom stereocenters. The summed E-state index contributed by atoms with van der Waals surface area (Å²) in [6.45, 7) is 6.51. The molecule has 212 valence electrons. The molecule has 2 aromatic carbocycles. The van der Waals surface area contributed by atoms with Crippen LogP contribution in [0, 0.1) is 18.3 Å². The molecular weight excluding hydrogens is 521 g/mol. The number of anilines is 1. The summed E-state index contributed by atoms with van der Waals surface area (Å²) in [6.07, 6.45) is 2.42. The van der Waals surface area contributed by atoms with Gasteiger partial charge < -0.3 is 20.3 Å². The summed E-state index contributed by atoms with van der Waals surface area (Å²) >= 11 is 0. The van der Waals surface area contributed by atoms with Gasteiger partial charge in [0.25, 0.3) is 11.8 Å². The second-order valence-electron chi connectivity index (χ2n) is 10.6. The van der Waals surface area contributed by atoms with E-state index in [1.54, 1.807) is 53.6 Å². The lowest BCUT2D eigenvalue weighted by molar-refractivity contribution is 0.0250. The SMILES string of the molecule is CCc1cc(C)c(C(=O)N2CCC(F)(c3ccc(C#N)cc3)CC2)cc1NC(=O)c1ccc(C2CNCCO2)nc1. The van der Waals surface area contributed by atoms with Crippen molar-refractivity contribution in [2.24, 2.45) is 0 Å². The molecule has 0 bridgehead atoms. The largest absolute Gasteiger partial charge is 0.369 e. The number of rotatable bonds is 6. The predicted molar refractivity (Wildman–Crippen MR) is 153 cm³/mol. The van der Waals surface area contributed by atoms with Gasteiger partial charge in [-0.1, -0.05) is 25.1 Å². The Morgan fingerprint density at radius 3 is 2.56 bits per heavy atom. The minimum Gasteiger partial charge on any atom is -0.369 e. The highest BCUT2D eigenvalue weighted by Gasteiger charge is 2.38. The van der Waals surface area contributed by atoms with Gasteiger partial charge in [-0.3, -0.25) is 14.6 Å². The van der Waals surface area contributed by atoms with Crippen LogP contribution >= 0.6 is 0 Å². The van der Waals surface area contributed by atoms with Gasteiger partial charge in [0.15, 0.2) is 0 Å². The maximum absolute atomic E-state index is 15.8. The normalized spacial score (nSPS) is 18.4. The number of nitriles is 1. The number of piperidine rings is 1. The second-order valence-corrected chi connectivity index (χ2v) is 10.6. The summed E-state index contributed by atoms with van der Waals surface area (Å²) in [4.78, 5) is 32.8. The molecule has 5 rings (SSSR count).